The molecule has 0 aliphatic carbocycles. The molecule has 1 aromatic carbocycles. The van der Waals surface area contributed by atoms with Crippen molar-refractivity contribution in [2.45, 2.75) is 20.0 Å². The fourth-order valence-electron chi connectivity index (χ4n) is 1.99. The van der Waals surface area contributed by atoms with Crippen LogP contribution < -0.4 is 5.73 Å². The predicted octanol–water partition coefficient (Wildman–Crippen LogP) is 2.60. The van der Waals surface area contributed by atoms with Crippen LogP contribution in [0, 0.1) is 6.92 Å². The molecule has 2 rings (SSSR count). The Kier molecular flexibility index (Phi) is 3.95. The topological polar surface area (TPSA) is 42.1 Å². The largest absolute Gasteiger partial charge is 0.398 e. The van der Waals surface area contributed by atoms with Crippen LogP contribution in [0.3, 0.4) is 0 Å². The lowest BCUT2D eigenvalue weighted by Crippen LogP contribution is -2.18. The van der Waals surface area contributed by atoms with E-state index in [0.717, 1.165) is 35.7 Å². The van der Waals surface area contributed by atoms with Crippen molar-refractivity contribution in [2.24, 2.45) is 0 Å². The maximum absolute atomic E-state index is 5.94. The molecule has 3 nitrogen and oxygen atoms in total. The summed E-state index contributed by atoms with van der Waals surface area (Å²) < 4.78 is 0. The lowest BCUT2D eigenvalue weighted by molar-refractivity contribution is 0.315. The van der Waals surface area contributed by atoms with E-state index in [-0.39, 0.29) is 0 Å². The summed E-state index contributed by atoms with van der Waals surface area (Å²) in [5, 5.41) is 0. The van der Waals surface area contributed by atoms with Gasteiger partial charge in [0, 0.05) is 24.5 Å². The quantitative estimate of drug-likeness (QED) is 0.837. The molecule has 0 bridgehead atoms. The number of benzene rings is 1. The number of aryl methyl sites for hydroxylation is 1. The normalized spacial score (nSPS) is 10.8. The SMILES string of the molecule is Cc1cccc(CN(C)Cc2ccccc2N)n1. The highest BCUT2D eigenvalue weighted by molar-refractivity contribution is 5.46. The van der Waals surface area contributed by atoms with Gasteiger partial charge in [0.25, 0.3) is 0 Å². The Bertz CT molecular complexity index is 523. The standard InChI is InChI=1S/C15H19N3/c1-12-6-5-8-14(17-12)11-18(2)10-13-7-3-4-9-15(13)16/h3-9H,10-11,16H2,1-2H3. The first-order chi connectivity index (χ1) is 8.65. The minimum absolute atomic E-state index is 0.829. The number of pyridine rings is 1. The van der Waals surface area contributed by atoms with Crippen LogP contribution in [-0.2, 0) is 13.1 Å². The summed E-state index contributed by atoms with van der Waals surface area (Å²) in [6.07, 6.45) is 0. The summed E-state index contributed by atoms with van der Waals surface area (Å²) >= 11 is 0. The van der Waals surface area contributed by atoms with Crippen molar-refractivity contribution in [1.82, 2.24) is 9.88 Å². The highest BCUT2D eigenvalue weighted by Crippen LogP contribution is 2.13. The molecule has 0 amide bonds. The molecule has 18 heavy (non-hydrogen) atoms. The molecule has 0 atom stereocenters. The van der Waals surface area contributed by atoms with Gasteiger partial charge in [-0.25, -0.2) is 0 Å². The van der Waals surface area contributed by atoms with Crippen LogP contribution in [0.15, 0.2) is 42.5 Å². The van der Waals surface area contributed by atoms with Crippen molar-refractivity contribution in [2.75, 3.05) is 12.8 Å². The van der Waals surface area contributed by atoms with Gasteiger partial charge in [-0.2, -0.15) is 0 Å². The third-order valence-corrected chi connectivity index (χ3v) is 2.87. The van der Waals surface area contributed by atoms with Crippen molar-refractivity contribution < 1.29 is 0 Å². The van der Waals surface area contributed by atoms with Gasteiger partial charge >= 0.3 is 0 Å². The lowest BCUT2D eigenvalue weighted by Gasteiger charge is -2.17. The van der Waals surface area contributed by atoms with Gasteiger partial charge in [0.2, 0.25) is 0 Å². The van der Waals surface area contributed by atoms with Crippen LogP contribution in [-0.4, -0.2) is 16.9 Å². The first-order valence-electron chi connectivity index (χ1n) is 6.09. The predicted molar refractivity (Wildman–Crippen MR) is 75.0 cm³/mol. The smallest absolute Gasteiger partial charge is 0.0547 e. The molecule has 0 saturated heterocycles. The third-order valence-electron chi connectivity index (χ3n) is 2.87. The highest BCUT2D eigenvalue weighted by Gasteiger charge is 2.05. The second-order valence-corrected chi connectivity index (χ2v) is 4.64. The lowest BCUT2D eigenvalue weighted by atomic mass is 10.1. The van der Waals surface area contributed by atoms with Crippen LogP contribution in [0.1, 0.15) is 17.0 Å². The first-order valence-corrected chi connectivity index (χ1v) is 6.09. The van der Waals surface area contributed by atoms with E-state index >= 15 is 0 Å². The number of anilines is 1. The van der Waals surface area contributed by atoms with Crippen molar-refractivity contribution >= 4 is 5.69 Å². The van der Waals surface area contributed by atoms with E-state index in [1.807, 2.05) is 37.3 Å². The summed E-state index contributed by atoms with van der Waals surface area (Å²) in [6.45, 7) is 3.68. The maximum Gasteiger partial charge on any atom is 0.0547 e. The minimum Gasteiger partial charge on any atom is -0.398 e. The van der Waals surface area contributed by atoms with E-state index in [4.69, 9.17) is 5.73 Å². The van der Waals surface area contributed by atoms with Crippen LogP contribution in [0.4, 0.5) is 5.69 Å². The van der Waals surface area contributed by atoms with E-state index in [1.165, 1.54) is 0 Å². The monoisotopic (exact) mass is 241 g/mol. The van der Waals surface area contributed by atoms with Gasteiger partial charge in [0.1, 0.15) is 0 Å². The number of rotatable bonds is 4. The fourth-order valence-corrected chi connectivity index (χ4v) is 1.99. The van der Waals surface area contributed by atoms with Gasteiger partial charge in [0.15, 0.2) is 0 Å². The zero-order chi connectivity index (χ0) is 13.0. The van der Waals surface area contributed by atoms with E-state index in [1.54, 1.807) is 0 Å². The molecular weight excluding hydrogens is 222 g/mol. The van der Waals surface area contributed by atoms with Gasteiger partial charge in [-0.15, -0.1) is 0 Å². The molecular formula is C15H19N3. The molecule has 2 aromatic rings. The van der Waals surface area contributed by atoms with Crippen LogP contribution in [0.25, 0.3) is 0 Å². The van der Waals surface area contributed by atoms with Crippen molar-refractivity contribution in [3.63, 3.8) is 0 Å². The minimum atomic E-state index is 0.829. The highest BCUT2D eigenvalue weighted by atomic mass is 15.1. The van der Waals surface area contributed by atoms with Crippen LogP contribution >= 0.6 is 0 Å². The van der Waals surface area contributed by atoms with Crippen molar-refractivity contribution in [3.05, 3.63) is 59.4 Å². The molecule has 0 unspecified atom stereocenters. The van der Waals surface area contributed by atoms with Gasteiger partial charge in [-0.3, -0.25) is 9.88 Å². The van der Waals surface area contributed by atoms with Crippen molar-refractivity contribution in [3.8, 4) is 0 Å². The zero-order valence-electron chi connectivity index (χ0n) is 10.9. The number of nitrogens with zero attached hydrogens (tertiary/aromatic N) is 2. The van der Waals surface area contributed by atoms with E-state index in [2.05, 4.69) is 29.1 Å². The van der Waals surface area contributed by atoms with Gasteiger partial charge < -0.3 is 5.73 Å². The van der Waals surface area contributed by atoms with Gasteiger partial charge in [0.05, 0.1) is 5.69 Å². The number of nitrogen functional groups attached to an aromatic ring is 1. The Hall–Kier alpha value is -1.87. The Labute approximate surface area is 108 Å². The molecule has 94 valence electrons. The zero-order valence-corrected chi connectivity index (χ0v) is 10.9. The number of aromatic nitrogens is 1. The van der Waals surface area contributed by atoms with E-state index in [9.17, 15) is 0 Å². The molecule has 1 aromatic heterocycles. The van der Waals surface area contributed by atoms with E-state index in [0.29, 0.717) is 0 Å². The summed E-state index contributed by atoms with van der Waals surface area (Å²) in [7, 11) is 2.08. The number of hydrogen-bond donors (Lipinski definition) is 1. The summed E-state index contributed by atoms with van der Waals surface area (Å²) in [4.78, 5) is 6.72. The third kappa shape index (κ3) is 3.31. The molecule has 0 aliphatic heterocycles. The Morgan fingerprint density at radius 1 is 1.06 bits per heavy atom. The molecule has 3 heteroatoms. The summed E-state index contributed by atoms with van der Waals surface area (Å²) in [6, 6.07) is 14.1. The molecule has 1 heterocycles. The molecule has 0 fully saturated rings. The van der Waals surface area contributed by atoms with Gasteiger partial charge in [-0.1, -0.05) is 24.3 Å². The first kappa shape index (κ1) is 12.6. The fraction of sp³-hybridized carbons (Fsp3) is 0.267. The Morgan fingerprint density at radius 2 is 1.83 bits per heavy atom. The molecule has 0 aliphatic rings. The van der Waals surface area contributed by atoms with Crippen LogP contribution in [0.5, 0.6) is 0 Å². The van der Waals surface area contributed by atoms with Crippen molar-refractivity contribution in [1.29, 1.82) is 0 Å². The van der Waals surface area contributed by atoms with E-state index < -0.39 is 0 Å². The average Bonchev–Trinajstić information content (AvgIpc) is 2.32. The second kappa shape index (κ2) is 5.65. The Morgan fingerprint density at radius 3 is 2.56 bits per heavy atom. The average molecular weight is 241 g/mol. The second-order valence-electron chi connectivity index (χ2n) is 4.64. The van der Waals surface area contributed by atoms with Gasteiger partial charge in [-0.05, 0) is 37.7 Å². The Balaban J connectivity index is 2.01. The number of para-hydroxylation sites is 1. The summed E-state index contributed by atoms with van der Waals surface area (Å²) in [5.74, 6) is 0. The molecule has 0 radical (unpaired) electrons. The molecule has 2 N–H and O–H groups in total. The van der Waals surface area contributed by atoms with Crippen LogP contribution in [0.2, 0.25) is 0 Å². The maximum atomic E-state index is 5.94. The summed E-state index contributed by atoms with van der Waals surface area (Å²) in [5.41, 5.74) is 10.1. The molecule has 0 saturated carbocycles. The number of hydrogen-bond acceptors (Lipinski definition) is 3. The molecule has 0 spiro atoms. The number of nitrogens with two attached hydrogens (primary N) is 1.